The van der Waals surface area contributed by atoms with Crippen molar-refractivity contribution in [2.75, 3.05) is 6.54 Å². The third-order valence-electron chi connectivity index (χ3n) is 3.61. The Labute approximate surface area is 125 Å². The number of aryl methyl sites for hydroxylation is 1. The van der Waals surface area contributed by atoms with Gasteiger partial charge in [-0.15, -0.1) is 0 Å². The number of nitrogens with one attached hydrogen (secondary N) is 1. The zero-order valence-corrected chi connectivity index (χ0v) is 13.1. The summed E-state index contributed by atoms with van der Waals surface area (Å²) in [5, 5.41) is 12.9. The lowest BCUT2D eigenvalue weighted by Gasteiger charge is -2.10. The van der Waals surface area contributed by atoms with E-state index in [1.807, 2.05) is 6.07 Å². The summed E-state index contributed by atoms with van der Waals surface area (Å²) >= 11 is 0. The largest absolute Gasteiger partial charge is 0.464 e. The molecule has 0 saturated carbocycles. The minimum atomic E-state index is -0.537. The average molecular weight is 289 g/mol. The zero-order valence-electron chi connectivity index (χ0n) is 13.1. The van der Waals surface area contributed by atoms with Gasteiger partial charge in [-0.1, -0.05) is 13.8 Å². The van der Waals surface area contributed by atoms with E-state index in [0.717, 1.165) is 16.5 Å². The standard InChI is InChI=1S/C17H23NO3/c1-10(2)14-7-15-13(6-17(20)18-8-12(4)19)9-21-16(15)5-11(14)3/h5,7,9-10,12,19H,6,8H2,1-4H3,(H,18,20). The van der Waals surface area contributed by atoms with Gasteiger partial charge in [-0.25, -0.2) is 0 Å². The summed E-state index contributed by atoms with van der Waals surface area (Å²) in [4.78, 5) is 11.9. The van der Waals surface area contributed by atoms with E-state index < -0.39 is 6.10 Å². The first-order valence-corrected chi connectivity index (χ1v) is 7.34. The van der Waals surface area contributed by atoms with Gasteiger partial charge < -0.3 is 14.8 Å². The Morgan fingerprint density at radius 3 is 2.67 bits per heavy atom. The lowest BCUT2D eigenvalue weighted by atomic mass is 9.95. The van der Waals surface area contributed by atoms with Crippen LogP contribution in [0, 0.1) is 6.92 Å². The SMILES string of the molecule is Cc1cc2occ(CC(=O)NCC(C)O)c2cc1C(C)C. The van der Waals surface area contributed by atoms with Gasteiger partial charge in [0.15, 0.2) is 0 Å². The fourth-order valence-corrected chi connectivity index (χ4v) is 2.50. The highest BCUT2D eigenvalue weighted by atomic mass is 16.3. The number of aliphatic hydroxyl groups is 1. The van der Waals surface area contributed by atoms with E-state index in [1.54, 1.807) is 13.2 Å². The molecule has 21 heavy (non-hydrogen) atoms. The number of fused-ring (bicyclic) bond motifs is 1. The van der Waals surface area contributed by atoms with Crippen LogP contribution in [0.2, 0.25) is 0 Å². The summed E-state index contributed by atoms with van der Waals surface area (Å²) in [6.45, 7) is 8.30. The summed E-state index contributed by atoms with van der Waals surface area (Å²) in [7, 11) is 0. The van der Waals surface area contributed by atoms with Gasteiger partial charge in [-0.05, 0) is 43.0 Å². The van der Waals surface area contributed by atoms with Gasteiger partial charge in [0.05, 0.1) is 18.8 Å². The maximum absolute atomic E-state index is 11.9. The first-order valence-electron chi connectivity index (χ1n) is 7.34. The molecule has 0 radical (unpaired) electrons. The van der Waals surface area contributed by atoms with E-state index in [0.29, 0.717) is 5.92 Å². The van der Waals surface area contributed by atoms with Crippen LogP contribution in [0.25, 0.3) is 11.0 Å². The molecule has 2 N–H and O–H groups in total. The molecule has 1 amide bonds. The molecular formula is C17H23NO3. The lowest BCUT2D eigenvalue weighted by Crippen LogP contribution is -2.31. The molecule has 0 spiro atoms. The normalized spacial score (nSPS) is 12.9. The second-order valence-corrected chi connectivity index (χ2v) is 5.95. The van der Waals surface area contributed by atoms with Crippen molar-refractivity contribution in [1.82, 2.24) is 5.32 Å². The topological polar surface area (TPSA) is 62.5 Å². The van der Waals surface area contributed by atoms with Crippen molar-refractivity contribution in [3.63, 3.8) is 0 Å². The minimum absolute atomic E-state index is 0.106. The highest BCUT2D eigenvalue weighted by molar-refractivity contribution is 5.88. The summed E-state index contributed by atoms with van der Waals surface area (Å²) in [5.41, 5.74) is 4.18. The van der Waals surface area contributed by atoms with Crippen LogP contribution in [0.4, 0.5) is 0 Å². The molecule has 0 aliphatic carbocycles. The van der Waals surface area contributed by atoms with Crippen LogP contribution in [0.5, 0.6) is 0 Å². The van der Waals surface area contributed by atoms with Gasteiger partial charge in [-0.3, -0.25) is 4.79 Å². The van der Waals surface area contributed by atoms with E-state index >= 15 is 0 Å². The highest BCUT2D eigenvalue weighted by Crippen LogP contribution is 2.29. The van der Waals surface area contributed by atoms with Crippen molar-refractivity contribution in [3.05, 3.63) is 35.1 Å². The number of aliphatic hydroxyl groups excluding tert-OH is 1. The molecule has 1 aromatic carbocycles. The Morgan fingerprint density at radius 1 is 1.33 bits per heavy atom. The van der Waals surface area contributed by atoms with Gasteiger partial charge >= 0.3 is 0 Å². The van der Waals surface area contributed by atoms with E-state index in [9.17, 15) is 9.90 Å². The molecule has 0 aliphatic rings. The quantitative estimate of drug-likeness (QED) is 0.889. The maximum atomic E-state index is 11.9. The lowest BCUT2D eigenvalue weighted by molar-refractivity contribution is -0.120. The third kappa shape index (κ3) is 3.64. The minimum Gasteiger partial charge on any atom is -0.464 e. The molecule has 4 heteroatoms. The predicted molar refractivity (Wildman–Crippen MR) is 83.4 cm³/mol. The average Bonchev–Trinajstić information content (AvgIpc) is 2.77. The van der Waals surface area contributed by atoms with Crippen molar-refractivity contribution >= 4 is 16.9 Å². The second-order valence-electron chi connectivity index (χ2n) is 5.95. The van der Waals surface area contributed by atoms with Crippen molar-refractivity contribution in [2.24, 2.45) is 0 Å². The molecule has 114 valence electrons. The van der Waals surface area contributed by atoms with Crippen LogP contribution in [-0.2, 0) is 11.2 Å². The summed E-state index contributed by atoms with van der Waals surface area (Å²) in [5.74, 6) is 0.325. The van der Waals surface area contributed by atoms with Crippen LogP contribution in [0.1, 0.15) is 43.4 Å². The summed E-state index contributed by atoms with van der Waals surface area (Å²) < 4.78 is 5.56. The van der Waals surface area contributed by atoms with Crippen LogP contribution >= 0.6 is 0 Å². The van der Waals surface area contributed by atoms with Gasteiger partial charge in [0, 0.05) is 17.5 Å². The number of carbonyl (C=O) groups is 1. The molecule has 0 fully saturated rings. The number of hydrogen-bond acceptors (Lipinski definition) is 3. The fourth-order valence-electron chi connectivity index (χ4n) is 2.50. The second kappa shape index (κ2) is 6.31. The first kappa shape index (κ1) is 15.6. The fraction of sp³-hybridized carbons (Fsp3) is 0.471. The molecule has 0 aliphatic heterocycles. The Hall–Kier alpha value is -1.81. The number of rotatable bonds is 5. The van der Waals surface area contributed by atoms with Crippen LogP contribution < -0.4 is 5.32 Å². The molecule has 0 bridgehead atoms. The molecule has 1 atom stereocenters. The van der Waals surface area contributed by atoms with Gasteiger partial charge in [0.2, 0.25) is 5.91 Å². The van der Waals surface area contributed by atoms with Crippen molar-refractivity contribution in [1.29, 1.82) is 0 Å². The smallest absolute Gasteiger partial charge is 0.224 e. The Balaban J connectivity index is 2.24. The number of carbonyl (C=O) groups excluding carboxylic acids is 1. The Morgan fingerprint density at radius 2 is 2.05 bits per heavy atom. The Bertz CT molecular complexity index is 641. The molecular weight excluding hydrogens is 266 g/mol. The third-order valence-corrected chi connectivity index (χ3v) is 3.61. The van der Waals surface area contributed by atoms with E-state index in [-0.39, 0.29) is 18.9 Å². The van der Waals surface area contributed by atoms with Crippen LogP contribution in [0.3, 0.4) is 0 Å². The molecule has 2 rings (SSSR count). The molecule has 1 aromatic heterocycles. The van der Waals surface area contributed by atoms with Gasteiger partial charge in [0.25, 0.3) is 0 Å². The number of furan rings is 1. The zero-order chi connectivity index (χ0) is 15.6. The van der Waals surface area contributed by atoms with Crippen molar-refractivity contribution in [2.45, 2.75) is 46.1 Å². The number of amides is 1. The molecule has 1 unspecified atom stereocenters. The van der Waals surface area contributed by atoms with Crippen LogP contribution in [0.15, 0.2) is 22.8 Å². The predicted octanol–water partition coefficient (Wildman–Crippen LogP) is 2.90. The highest BCUT2D eigenvalue weighted by Gasteiger charge is 2.14. The van der Waals surface area contributed by atoms with E-state index in [1.165, 1.54) is 11.1 Å². The Kier molecular flexibility index (Phi) is 4.68. The molecule has 1 heterocycles. The van der Waals surface area contributed by atoms with Gasteiger partial charge in [0.1, 0.15) is 5.58 Å². The summed E-state index contributed by atoms with van der Waals surface area (Å²) in [6, 6.07) is 4.15. The first-order chi connectivity index (χ1) is 9.88. The van der Waals surface area contributed by atoms with Crippen molar-refractivity contribution in [3.8, 4) is 0 Å². The molecule has 2 aromatic rings. The molecule has 4 nitrogen and oxygen atoms in total. The van der Waals surface area contributed by atoms with Gasteiger partial charge in [-0.2, -0.15) is 0 Å². The molecule has 0 saturated heterocycles. The van der Waals surface area contributed by atoms with E-state index in [2.05, 4.69) is 32.2 Å². The number of hydrogen-bond donors (Lipinski definition) is 2. The monoisotopic (exact) mass is 289 g/mol. The van der Waals surface area contributed by atoms with Crippen LogP contribution in [-0.4, -0.2) is 23.7 Å². The number of benzene rings is 1. The summed E-state index contributed by atoms with van der Waals surface area (Å²) in [6.07, 6.45) is 1.38. The maximum Gasteiger partial charge on any atom is 0.224 e. The van der Waals surface area contributed by atoms with E-state index in [4.69, 9.17) is 4.42 Å². The van der Waals surface area contributed by atoms with Crippen molar-refractivity contribution < 1.29 is 14.3 Å².